The molecular weight excluding hydrogens is 251 g/mol. The molecule has 90 valence electrons. The van der Waals surface area contributed by atoms with Crippen molar-refractivity contribution in [1.29, 1.82) is 0 Å². The van der Waals surface area contributed by atoms with E-state index in [1.165, 1.54) is 15.9 Å². The Balaban J connectivity index is 2.04. The van der Waals surface area contributed by atoms with Crippen LogP contribution in [0, 0.1) is 0 Å². The van der Waals surface area contributed by atoms with Crippen molar-refractivity contribution in [2.75, 3.05) is 0 Å². The predicted molar refractivity (Wildman–Crippen MR) is 81.7 cm³/mol. The summed E-state index contributed by atoms with van der Waals surface area (Å²) in [7, 11) is 1.15. The molecule has 2 heteroatoms. The van der Waals surface area contributed by atoms with Crippen molar-refractivity contribution in [3.05, 3.63) is 66.7 Å². The second-order valence-electron chi connectivity index (χ2n) is 4.52. The Labute approximate surface area is 112 Å². The Bertz CT molecular complexity index is 862. The molecular formula is C17H11OP. The van der Waals surface area contributed by atoms with Gasteiger partial charge in [-0.3, -0.25) is 0 Å². The summed E-state index contributed by atoms with van der Waals surface area (Å²) >= 11 is 0. The molecule has 1 aromatic heterocycles. The lowest BCUT2D eigenvalue weighted by molar-refractivity contribution is 0.642. The first-order valence-corrected chi connectivity index (χ1v) is 7.15. The van der Waals surface area contributed by atoms with Crippen molar-refractivity contribution in [3.63, 3.8) is 0 Å². The quantitative estimate of drug-likeness (QED) is 0.420. The van der Waals surface area contributed by atoms with E-state index in [1.54, 1.807) is 0 Å². The summed E-state index contributed by atoms with van der Waals surface area (Å²) in [6.45, 7) is 0. The molecule has 0 unspecified atom stereocenters. The topological polar surface area (TPSA) is 13.1 Å². The van der Waals surface area contributed by atoms with E-state index in [0.29, 0.717) is 0 Å². The van der Waals surface area contributed by atoms with E-state index in [1.807, 2.05) is 18.2 Å². The maximum atomic E-state index is 6.11. The summed E-state index contributed by atoms with van der Waals surface area (Å²) in [6, 6.07) is 23.0. The van der Waals surface area contributed by atoms with Gasteiger partial charge in [0, 0.05) is 16.1 Å². The maximum absolute atomic E-state index is 6.11. The van der Waals surface area contributed by atoms with E-state index >= 15 is 0 Å². The minimum atomic E-state index is 1.01. The van der Waals surface area contributed by atoms with Crippen molar-refractivity contribution in [2.45, 2.75) is 0 Å². The van der Waals surface area contributed by atoms with E-state index in [2.05, 4.69) is 48.5 Å². The molecule has 0 radical (unpaired) electrons. The van der Waals surface area contributed by atoms with Gasteiger partial charge < -0.3 is 4.42 Å². The minimum Gasteiger partial charge on any atom is -0.450 e. The number of benzene rings is 3. The van der Waals surface area contributed by atoms with Gasteiger partial charge in [-0.05, 0) is 19.6 Å². The first kappa shape index (κ1) is 10.8. The molecule has 0 aliphatic rings. The van der Waals surface area contributed by atoms with Gasteiger partial charge in [0.05, 0.1) is 0 Å². The number of hydrogen-bond acceptors (Lipinski definition) is 1. The summed E-state index contributed by atoms with van der Waals surface area (Å²) in [6.07, 6.45) is 0. The van der Waals surface area contributed by atoms with Crippen molar-refractivity contribution in [3.8, 4) is 11.1 Å². The summed E-state index contributed by atoms with van der Waals surface area (Å²) in [5.41, 5.74) is 3.19. The number of hydrogen-bond donors (Lipinski definition) is 0. The fourth-order valence-electron chi connectivity index (χ4n) is 2.36. The summed E-state index contributed by atoms with van der Waals surface area (Å²) in [5.74, 6) is 0. The molecule has 1 nitrogen and oxygen atoms in total. The monoisotopic (exact) mass is 262 g/mol. The lowest BCUT2D eigenvalue weighted by Crippen LogP contribution is -1.71. The van der Waals surface area contributed by atoms with Crippen LogP contribution in [0.2, 0.25) is 0 Å². The largest absolute Gasteiger partial charge is 0.450 e. The Kier molecular flexibility index (Phi) is 2.39. The Morgan fingerprint density at radius 1 is 0.737 bits per heavy atom. The fraction of sp³-hybridized carbons (Fsp3) is 0. The van der Waals surface area contributed by atoms with Gasteiger partial charge in [0.25, 0.3) is 0 Å². The van der Waals surface area contributed by atoms with Gasteiger partial charge >= 0.3 is 0 Å². The highest BCUT2D eigenvalue weighted by molar-refractivity contribution is 7.40. The number of fused-ring (bicyclic) bond motifs is 3. The van der Waals surface area contributed by atoms with Crippen molar-refractivity contribution < 1.29 is 4.42 Å². The first-order chi connectivity index (χ1) is 9.42. The van der Waals surface area contributed by atoms with E-state index in [0.717, 1.165) is 24.8 Å². The van der Waals surface area contributed by atoms with Gasteiger partial charge in [0.15, 0.2) is 5.49 Å². The summed E-state index contributed by atoms with van der Waals surface area (Å²) < 4.78 is 6.11. The van der Waals surface area contributed by atoms with E-state index < -0.39 is 0 Å². The molecule has 0 N–H and O–H groups in total. The zero-order chi connectivity index (χ0) is 12.7. The molecule has 0 atom stereocenters. The molecule has 0 spiro atoms. The Morgan fingerprint density at radius 2 is 1.53 bits per heavy atom. The van der Waals surface area contributed by atoms with Crippen molar-refractivity contribution >= 4 is 29.7 Å². The van der Waals surface area contributed by atoms with Gasteiger partial charge in [0.1, 0.15) is 5.58 Å². The van der Waals surface area contributed by atoms with Crippen LogP contribution in [0.4, 0.5) is 0 Å². The van der Waals surface area contributed by atoms with Crippen molar-refractivity contribution in [2.24, 2.45) is 0 Å². The van der Waals surface area contributed by atoms with E-state index in [4.69, 9.17) is 4.42 Å². The van der Waals surface area contributed by atoms with Gasteiger partial charge in [-0.25, -0.2) is 0 Å². The average molecular weight is 262 g/mol. The third kappa shape index (κ3) is 1.75. The van der Waals surface area contributed by atoms with Crippen LogP contribution in [0.25, 0.3) is 32.5 Å². The van der Waals surface area contributed by atoms with Crippen LogP contribution >= 0.6 is 8.19 Å². The second-order valence-corrected chi connectivity index (χ2v) is 5.63. The molecule has 4 aromatic rings. The molecule has 0 saturated heterocycles. The first-order valence-electron chi connectivity index (χ1n) is 6.25. The van der Waals surface area contributed by atoms with Gasteiger partial charge in [0.2, 0.25) is 0 Å². The van der Waals surface area contributed by atoms with Crippen LogP contribution in [0.1, 0.15) is 0 Å². The molecule has 0 bridgehead atoms. The molecule has 19 heavy (non-hydrogen) atoms. The normalized spacial score (nSPS) is 11.6. The zero-order valence-electron chi connectivity index (χ0n) is 10.2. The molecule has 1 heterocycles. The maximum Gasteiger partial charge on any atom is 0.161 e. The van der Waals surface area contributed by atoms with E-state index in [-0.39, 0.29) is 0 Å². The average Bonchev–Trinajstić information content (AvgIpc) is 2.93. The summed E-state index contributed by atoms with van der Waals surface area (Å²) in [4.78, 5) is 0. The zero-order valence-corrected chi connectivity index (χ0v) is 11.1. The van der Waals surface area contributed by atoms with Gasteiger partial charge in [-0.1, -0.05) is 60.7 Å². The van der Waals surface area contributed by atoms with Crippen LogP contribution in [0.5, 0.6) is 0 Å². The molecule has 0 aliphatic heterocycles. The number of rotatable bonds is 1. The van der Waals surface area contributed by atoms with Gasteiger partial charge in [-0.2, -0.15) is 0 Å². The smallest absolute Gasteiger partial charge is 0.161 e. The minimum absolute atomic E-state index is 1.01. The van der Waals surface area contributed by atoms with E-state index in [9.17, 15) is 0 Å². The Morgan fingerprint density at radius 3 is 2.42 bits per heavy atom. The van der Waals surface area contributed by atoms with Crippen LogP contribution < -0.4 is 0 Å². The SMILES string of the molecule is c1ccc(-c2oc3c(ccc4ccccc43)p2)cc1. The molecule has 0 amide bonds. The Hall–Kier alpha value is -2.11. The van der Waals surface area contributed by atoms with Crippen molar-refractivity contribution in [1.82, 2.24) is 0 Å². The van der Waals surface area contributed by atoms with Gasteiger partial charge in [-0.15, -0.1) is 0 Å². The molecule has 4 rings (SSSR count). The van der Waals surface area contributed by atoms with Crippen LogP contribution in [-0.2, 0) is 0 Å². The molecule has 0 aliphatic carbocycles. The highest BCUT2D eigenvalue weighted by Gasteiger charge is 2.09. The fourth-order valence-corrected chi connectivity index (χ4v) is 3.41. The predicted octanol–water partition coefficient (Wildman–Crippen LogP) is 5.83. The third-order valence-electron chi connectivity index (χ3n) is 3.30. The van der Waals surface area contributed by atoms with Crippen LogP contribution in [0.15, 0.2) is 71.1 Å². The van der Waals surface area contributed by atoms with Crippen LogP contribution in [-0.4, -0.2) is 0 Å². The highest BCUT2D eigenvalue weighted by atomic mass is 31.0. The molecule has 3 aromatic carbocycles. The second kappa shape index (κ2) is 4.22. The summed E-state index contributed by atoms with van der Waals surface area (Å²) in [5, 5.41) is 3.67. The molecule has 0 fully saturated rings. The lowest BCUT2D eigenvalue weighted by atomic mass is 10.1. The molecule has 0 saturated carbocycles. The van der Waals surface area contributed by atoms with Crippen LogP contribution in [0.3, 0.4) is 0 Å². The third-order valence-corrected chi connectivity index (χ3v) is 4.45. The standard InChI is InChI=1S/C17H11OP/c1-2-7-13(8-3-1)17-18-16-14-9-5-4-6-12(14)10-11-15(16)19-17/h1-11H. The lowest BCUT2D eigenvalue weighted by Gasteiger charge is -1.97. The highest BCUT2D eigenvalue weighted by Crippen LogP contribution is 2.40.